The molecule has 2 fully saturated rings. The molecule has 170 valence electrons. The molecule has 2 aromatic carbocycles. The second-order valence-electron chi connectivity index (χ2n) is 9.03. The average Bonchev–Trinajstić information content (AvgIpc) is 3.50. The molecule has 2 amide bonds. The van der Waals surface area contributed by atoms with Crippen molar-refractivity contribution in [2.45, 2.75) is 44.8 Å². The predicted octanol–water partition coefficient (Wildman–Crippen LogP) is 4.86. The molecule has 6 nitrogen and oxygen atoms in total. The summed E-state index contributed by atoms with van der Waals surface area (Å²) in [5.41, 5.74) is 4.23. The molecule has 2 aliphatic heterocycles. The summed E-state index contributed by atoms with van der Waals surface area (Å²) >= 11 is 1.42. The van der Waals surface area contributed by atoms with E-state index in [0.717, 1.165) is 52.9 Å². The molecule has 2 saturated heterocycles. The molecule has 1 aromatic heterocycles. The summed E-state index contributed by atoms with van der Waals surface area (Å²) in [6, 6.07) is 19.4. The van der Waals surface area contributed by atoms with Crippen LogP contribution >= 0.6 is 11.3 Å². The topological polar surface area (TPSA) is 73.6 Å². The van der Waals surface area contributed by atoms with Gasteiger partial charge in [0.25, 0.3) is 5.91 Å². The van der Waals surface area contributed by atoms with E-state index in [0.29, 0.717) is 10.6 Å². The number of benzene rings is 2. The highest BCUT2D eigenvalue weighted by atomic mass is 32.1. The molecule has 3 heterocycles. The van der Waals surface area contributed by atoms with Gasteiger partial charge in [0.05, 0.1) is 17.3 Å². The summed E-state index contributed by atoms with van der Waals surface area (Å²) < 4.78 is 0. The van der Waals surface area contributed by atoms with Crippen LogP contribution in [-0.4, -0.2) is 17.9 Å². The number of para-hydroxylation sites is 1. The standard InChI is InChI=1S/C27H23N3O3S/c1-16-9-5-7-13-20(16)30-23(17-10-3-2-4-11-17)22-24(33-30)26(32)29(25(22)31)27-19(15-28)18-12-6-8-14-21(18)34-27/h2-5,7,9-11,13,22-24H,6,8,12,14H2,1H3/t22-,23+,24-/m1/s1. The molecule has 3 aromatic rings. The lowest BCUT2D eigenvalue weighted by Gasteiger charge is -2.29. The highest BCUT2D eigenvalue weighted by Gasteiger charge is 2.61. The third kappa shape index (κ3) is 3.03. The first-order chi connectivity index (χ1) is 16.6. The van der Waals surface area contributed by atoms with Gasteiger partial charge in [0.2, 0.25) is 5.91 Å². The van der Waals surface area contributed by atoms with E-state index in [2.05, 4.69) is 6.07 Å². The Morgan fingerprint density at radius 2 is 1.74 bits per heavy atom. The number of thiophene rings is 1. The van der Waals surface area contributed by atoms with Crippen LogP contribution in [0.1, 0.15) is 46.0 Å². The Labute approximate surface area is 201 Å². The Kier molecular flexibility index (Phi) is 5.01. The molecule has 0 N–H and O–H groups in total. The van der Waals surface area contributed by atoms with E-state index < -0.39 is 18.1 Å². The zero-order chi connectivity index (χ0) is 23.4. The number of imide groups is 1. The smallest absolute Gasteiger partial charge is 0.267 e. The number of anilines is 2. The van der Waals surface area contributed by atoms with Gasteiger partial charge in [-0.2, -0.15) is 5.26 Å². The number of carbonyl (C=O) groups is 2. The Hall–Kier alpha value is -3.47. The minimum Gasteiger partial charge on any atom is -0.273 e. The number of carbonyl (C=O) groups excluding carboxylic acids is 2. The number of nitrogens with zero attached hydrogens (tertiary/aromatic N) is 3. The Morgan fingerprint density at radius 1 is 1.00 bits per heavy atom. The normalized spacial score (nSPS) is 23.7. The van der Waals surface area contributed by atoms with Crippen molar-refractivity contribution in [3.63, 3.8) is 0 Å². The molecule has 7 heteroatoms. The van der Waals surface area contributed by atoms with Crippen molar-refractivity contribution in [2.75, 3.05) is 9.96 Å². The molecule has 0 radical (unpaired) electrons. The fourth-order valence-electron chi connectivity index (χ4n) is 5.45. The first-order valence-corrected chi connectivity index (χ1v) is 12.4. The molecule has 0 spiro atoms. The van der Waals surface area contributed by atoms with E-state index in [1.807, 2.05) is 61.5 Å². The van der Waals surface area contributed by atoms with Gasteiger partial charge in [-0.3, -0.25) is 14.4 Å². The largest absolute Gasteiger partial charge is 0.273 e. The monoisotopic (exact) mass is 469 g/mol. The summed E-state index contributed by atoms with van der Waals surface area (Å²) in [5.74, 6) is -1.38. The molecular formula is C27H23N3O3S. The fourth-order valence-corrected chi connectivity index (χ4v) is 6.80. The zero-order valence-electron chi connectivity index (χ0n) is 18.7. The number of amides is 2. The molecule has 1 aliphatic carbocycles. The molecule has 34 heavy (non-hydrogen) atoms. The summed E-state index contributed by atoms with van der Waals surface area (Å²) in [6.45, 7) is 1.99. The average molecular weight is 470 g/mol. The lowest BCUT2D eigenvalue weighted by atomic mass is 9.90. The van der Waals surface area contributed by atoms with Gasteiger partial charge in [-0.15, -0.1) is 11.3 Å². The first-order valence-electron chi connectivity index (χ1n) is 11.6. The Bertz CT molecular complexity index is 1340. The van der Waals surface area contributed by atoms with Crippen LogP contribution in [0.5, 0.6) is 0 Å². The van der Waals surface area contributed by atoms with E-state index in [4.69, 9.17) is 4.84 Å². The van der Waals surface area contributed by atoms with Gasteiger partial charge in [0.1, 0.15) is 17.0 Å². The first kappa shape index (κ1) is 21.1. The number of fused-ring (bicyclic) bond motifs is 2. The second kappa shape index (κ2) is 8.08. The maximum absolute atomic E-state index is 13.9. The summed E-state index contributed by atoms with van der Waals surface area (Å²) in [6.07, 6.45) is 2.87. The third-order valence-electron chi connectivity index (χ3n) is 7.08. The molecule has 3 aliphatic rings. The van der Waals surface area contributed by atoms with Gasteiger partial charge in [-0.1, -0.05) is 48.5 Å². The van der Waals surface area contributed by atoms with Crippen molar-refractivity contribution >= 4 is 33.8 Å². The molecule has 0 saturated carbocycles. The van der Waals surface area contributed by atoms with Crippen LogP contribution in [0.25, 0.3) is 0 Å². The number of aryl methyl sites for hydroxylation is 2. The minimum absolute atomic E-state index is 0.296. The van der Waals surface area contributed by atoms with Crippen LogP contribution in [-0.2, 0) is 27.3 Å². The molecule has 6 rings (SSSR count). The summed E-state index contributed by atoms with van der Waals surface area (Å²) in [5, 5.41) is 12.1. The quantitative estimate of drug-likeness (QED) is 0.512. The van der Waals surface area contributed by atoms with Crippen molar-refractivity contribution in [3.05, 3.63) is 81.7 Å². The summed E-state index contributed by atoms with van der Waals surface area (Å²) in [7, 11) is 0. The maximum atomic E-state index is 13.9. The predicted molar refractivity (Wildman–Crippen MR) is 129 cm³/mol. The number of hydrogen-bond acceptors (Lipinski definition) is 6. The zero-order valence-corrected chi connectivity index (χ0v) is 19.5. The van der Waals surface area contributed by atoms with Crippen LogP contribution < -0.4 is 9.96 Å². The van der Waals surface area contributed by atoms with Crippen molar-refractivity contribution in [1.82, 2.24) is 0 Å². The summed E-state index contributed by atoms with van der Waals surface area (Å²) in [4.78, 5) is 36.2. The lowest BCUT2D eigenvalue weighted by Crippen LogP contribution is -2.37. The molecule has 0 bridgehead atoms. The number of rotatable bonds is 3. The van der Waals surface area contributed by atoms with Crippen LogP contribution in [0.2, 0.25) is 0 Å². The van der Waals surface area contributed by atoms with Crippen molar-refractivity contribution in [1.29, 1.82) is 5.26 Å². The number of nitriles is 1. The third-order valence-corrected chi connectivity index (χ3v) is 8.35. The van der Waals surface area contributed by atoms with Gasteiger partial charge >= 0.3 is 0 Å². The molecular weight excluding hydrogens is 446 g/mol. The van der Waals surface area contributed by atoms with E-state index in [-0.39, 0.29) is 11.8 Å². The number of hydrogen-bond donors (Lipinski definition) is 0. The van der Waals surface area contributed by atoms with Gasteiger partial charge in [0, 0.05) is 4.88 Å². The van der Waals surface area contributed by atoms with Crippen LogP contribution in [0, 0.1) is 24.2 Å². The highest BCUT2D eigenvalue weighted by Crippen LogP contribution is 2.50. The van der Waals surface area contributed by atoms with Crippen LogP contribution in [0.15, 0.2) is 54.6 Å². The SMILES string of the molecule is Cc1ccccc1N1O[C@H]2C(=O)N(c3sc4c(c3C#N)CCCC4)C(=O)[C@@H]2[C@@H]1c1ccccc1. The van der Waals surface area contributed by atoms with Crippen molar-refractivity contribution in [2.24, 2.45) is 5.92 Å². The second-order valence-corrected chi connectivity index (χ2v) is 10.1. The minimum atomic E-state index is -0.928. The number of hydroxylamine groups is 1. The van der Waals surface area contributed by atoms with Crippen molar-refractivity contribution < 1.29 is 14.4 Å². The van der Waals surface area contributed by atoms with E-state index in [9.17, 15) is 14.9 Å². The Morgan fingerprint density at radius 3 is 2.50 bits per heavy atom. The van der Waals surface area contributed by atoms with Gasteiger partial charge < -0.3 is 0 Å². The van der Waals surface area contributed by atoms with E-state index >= 15 is 0 Å². The van der Waals surface area contributed by atoms with Crippen molar-refractivity contribution in [3.8, 4) is 6.07 Å². The fraction of sp³-hybridized carbons (Fsp3) is 0.296. The highest BCUT2D eigenvalue weighted by molar-refractivity contribution is 7.17. The molecule has 0 unspecified atom stereocenters. The van der Waals surface area contributed by atoms with E-state index in [1.165, 1.54) is 16.2 Å². The van der Waals surface area contributed by atoms with E-state index in [1.54, 1.807) is 5.06 Å². The van der Waals surface area contributed by atoms with Crippen LogP contribution in [0.4, 0.5) is 10.7 Å². The lowest BCUT2D eigenvalue weighted by molar-refractivity contribution is -0.126. The maximum Gasteiger partial charge on any atom is 0.267 e. The van der Waals surface area contributed by atoms with Gasteiger partial charge in [-0.25, -0.2) is 9.96 Å². The van der Waals surface area contributed by atoms with Gasteiger partial charge in [0.15, 0.2) is 6.10 Å². The Balaban J connectivity index is 1.45. The molecule has 3 atom stereocenters. The van der Waals surface area contributed by atoms with Gasteiger partial charge in [-0.05, 0) is 55.4 Å². The van der Waals surface area contributed by atoms with Crippen LogP contribution in [0.3, 0.4) is 0 Å².